The number of hydrogen-bond donors (Lipinski definition) is 1. The smallest absolute Gasteiger partial charge is 0.260 e. The summed E-state index contributed by atoms with van der Waals surface area (Å²) in [7, 11) is 0. The van der Waals surface area contributed by atoms with Gasteiger partial charge in [-0.05, 0) is 49.8 Å². The van der Waals surface area contributed by atoms with Crippen LogP contribution in [0.2, 0.25) is 0 Å². The zero-order valence-corrected chi connectivity index (χ0v) is 14.7. The fraction of sp³-hybridized carbons (Fsp3) is 0.250. The molecule has 0 aliphatic heterocycles. The molecule has 3 aromatic rings. The molecule has 5 heteroatoms. The van der Waals surface area contributed by atoms with Crippen LogP contribution in [0.4, 0.5) is 0 Å². The highest BCUT2D eigenvalue weighted by Gasteiger charge is 2.20. The fourth-order valence-corrected chi connectivity index (χ4v) is 4.63. The number of fused-ring (bicyclic) bond motifs is 3. The number of aromatic amines is 1. The van der Waals surface area contributed by atoms with Crippen molar-refractivity contribution in [2.45, 2.75) is 32.6 Å². The van der Waals surface area contributed by atoms with Gasteiger partial charge >= 0.3 is 0 Å². The second kappa shape index (κ2) is 6.30. The van der Waals surface area contributed by atoms with Gasteiger partial charge < -0.3 is 4.98 Å². The number of nitriles is 1. The Labute approximate surface area is 149 Å². The number of rotatable bonds is 2. The standard InChI is InChI=1S/C20H17N3OS/c1-12-5-4-6-13(9-12)10-14(11-21)18-22-19(24)17-15-7-2-3-8-16(15)25-20(17)23-18/h4-6,9-10H,2-3,7-8H2,1H3,(H,22,23,24)/b14-10+. The van der Waals surface area contributed by atoms with Crippen LogP contribution in [-0.2, 0) is 12.8 Å². The third-order valence-electron chi connectivity index (χ3n) is 4.55. The van der Waals surface area contributed by atoms with Crippen LogP contribution in [0.25, 0.3) is 21.9 Å². The van der Waals surface area contributed by atoms with Crippen molar-refractivity contribution in [1.82, 2.24) is 9.97 Å². The number of aromatic nitrogens is 2. The van der Waals surface area contributed by atoms with E-state index in [1.165, 1.54) is 11.3 Å². The second-order valence-corrected chi connectivity index (χ2v) is 7.47. The molecule has 4 rings (SSSR count). The molecule has 0 fully saturated rings. The summed E-state index contributed by atoms with van der Waals surface area (Å²) < 4.78 is 0. The zero-order valence-electron chi connectivity index (χ0n) is 13.9. The fourth-order valence-electron chi connectivity index (χ4n) is 3.37. The summed E-state index contributed by atoms with van der Waals surface area (Å²) in [5.74, 6) is 0.347. The van der Waals surface area contributed by atoms with Gasteiger partial charge in [-0.2, -0.15) is 5.26 Å². The number of nitrogens with zero attached hydrogens (tertiary/aromatic N) is 2. The summed E-state index contributed by atoms with van der Waals surface area (Å²) in [5, 5.41) is 10.3. The Balaban J connectivity index is 1.86. The summed E-state index contributed by atoms with van der Waals surface area (Å²) >= 11 is 1.60. The minimum atomic E-state index is -0.134. The van der Waals surface area contributed by atoms with Gasteiger partial charge in [0, 0.05) is 4.88 Å². The summed E-state index contributed by atoms with van der Waals surface area (Å²) in [6.45, 7) is 2.01. The molecule has 0 amide bonds. The quantitative estimate of drug-likeness (QED) is 0.705. The molecule has 2 heterocycles. The molecule has 2 aromatic heterocycles. The zero-order chi connectivity index (χ0) is 17.4. The highest BCUT2D eigenvalue weighted by Crippen LogP contribution is 2.33. The number of thiophene rings is 1. The van der Waals surface area contributed by atoms with Gasteiger partial charge in [-0.1, -0.05) is 29.8 Å². The maximum atomic E-state index is 12.6. The van der Waals surface area contributed by atoms with E-state index in [-0.39, 0.29) is 5.56 Å². The maximum absolute atomic E-state index is 12.6. The number of aryl methyl sites for hydroxylation is 3. The Bertz CT molecular complexity index is 1100. The molecule has 0 bridgehead atoms. The third kappa shape index (κ3) is 2.90. The van der Waals surface area contributed by atoms with E-state index in [0.717, 1.165) is 46.2 Å². The van der Waals surface area contributed by atoms with Gasteiger partial charge in [0.1, 0.15) is 10.9 Å². The number of nitrogens with one attached hydrogen (secondary N) is 1. The number of H-pyrrole nitrogens is 1. The minimum absolute atomic E-state index is 0.134. The third-order valence-corrected chi connectivity index (χ3v) is 5.74. The Kier molecular flexibility index (Phi) is 3.98. The highest BCUT2D eigenvalue weighted by atomic mass is 32.1. The van der Waals surface area contributed by atoms with Crippen molar-refractivity contribution < 1.29 is 0 Å². The SMILES string of the molecule is Cc1cccc(/C=C(\C#N)c2nc3sc4c(c3c(=O)[nH]2)CCCC4)c1. The van der Waals surface area contributed by atoms with Gasteiger partial charge in [0.25, 0.3) is 5.56 Å². The first-order valence-electron chi connectivity index (χ1n) is 8.39. The lowest BCUT2D eigenvalue weighted by Crippen LogP contribution is -2.12. The molecule has 0 saturated heterocycles. The van der Waals surface area contributed by atoms with Crippen LogP contribution in [0.3, 0.4) is 0 Å². The van der Waals surface area contributed by atoms with Crippen molar-refractivity contribution >= 4 is 33.2 Å². The van der Waals surface area contributed by atoms with E-state index >= 15 is 0 Å². The number of benzene rings is 1. The van der Waals surface area contributed by atoms with E-state index < -0.39 is 0 Å². The van der Waals surface area contributed by atoms with E-state index in [0.29, 0.717) is 11.4 Å². The molecule has 1 N–H and O–H groups in total. The Hall–Kier alpha value is -2.71. The van der Waals surface area contributed by atoms with Crippen LogP contribution in [0.1, 0.15) is 40.2 Å². The predicted octanol–water partition coefficient (Wildman–Crippen LogP) is 4.24. The summed E-state index contributed by atoms with van der Waals surface area (Å²) in [6.07, 6.45) is 6.03. The second-order valence-electron chi connectivity index (χ2n) is 6.39. The molecule has 25 heavy (non-hydrogen) atoms. The molecule has 4 nitrogen and oxygen atoms in total. The van der Waals surface area contributed by atoms with Crippen LogP contribution in [0, 0.1) is 18.3 Å². The first-order chi connectivity index (χ1) is 12.2. The first-order valence-corrected chi connectivity index (χ1v) is 9.21. The Morgan fingerprint density at radius 2 is 2.20 bits per heavy atom. The topological polar surface area (TPSA) is 69.5 Å². The van der Waals surface area contributed by atoms with Crippen molar-refractivity contribution in [3.63, 3.8) is 0 Å². The lowest BCUT2D eigenvalue weighted by atomic mass is 9.97. The first kappa shape index (κ1) is 15.8. The minimum Gasteiger partial charge on any atom is -0.305 e. The monoisotopic (exact) mass is 347 g/mol. The van der Waals surface area contributed by atoms with Crippen LogP contribution in [-0.4, -0.2) is 9.97 Å². The van der Waals surface area contributed by atoms with Crippen molar-refractivity contribution in [1.29, 1.82) is 5.26 Å². The number of hydrogen-bond acceptors (Lipinski definition) is 4. The van der Waals surface area contributed by atoms with Gasteiger partial charge in [-0.15, -0.1) is 11.3 Å². The van der Waals surface area contributed by atoms with Crippen LogP contribution < -0.4 is 5.56 Å². The van der Waals surface area contributed by atoms with E-state index in [9.17, 15) is 10.1 Å². The van der Waals surface area contributed by atoms with Gasteiger partial charge in [0.2, 0.25) is 0 Å². The lowest BCUT2D eigenvalue weighted by molar-refractivity contribution is 0.700. The molecule has 1 aliphatic rings. The van der Waals surface area contributed by atoms with Crippen LogP contribution in [0.15, 0.2) is 29.1 Å². The van der Waals surface area contributed by atoms with Crippen molar-refractivity contribution in [2.75, 3.05) is 0 Å². The molecule has 0 unspecified atom stereocenters. The number of allylic oxidation sites excluding steroid dienone is 1. The largest absolute Gasteiger partial charge is 0.305 e. The molecule has 0 saturated carbocycles. The molecule has 0 atom stereocenters. The Morgan fingerprint density at radius 1 is 1.36 bits per heavy atom. The van der Waals surface area contributed by atoms with Crippen molar-refractivity contribution in [3.05, 3.63) is 62.0 Å². The van der Waals surface area contributed by atoms with Crippen LogP contribution in [0.5, 0.6) is 0 Å². The summed E-state index contributed by atoms with van der Waals surface area (Å²) in [6, 6.07) is 10.1. The predicted molar refractivity (Wildman–Crippen MR) is 102 cm³/mol. The van der Waals surface area contributed by atoms with E-state index in [2.05, 4.69) is 16.0 Å². The maximum Gasteiger partial charge on any atom is 0.260 e. The van der Waals surface area contributed by atoms with Gasteiger partial charge in [0.15, 0.2) is 5.82 Å². The van der Waals surface area contributed by atoms with Gasteiger partial charge in [-0.25, -0.2) is 4.98 Å². The van der Waals surface area contributed by atoms with Crippen LogP contribution >= 0.6 is 11.3 Å². The molecule has 0 radical (unpaired) electrons. The molecule has 1 aliphatic carbocycles. The molecule has 0 spiro atoms. The van der Waals surface area contributed by atoms with E-state index in [1.807, 2.05) is 31.2 Å². The van der Waals surface area contributed by atoms with Gasteiger partial charge in [-0.3, -0.25) is 4.79 Å². The summed E-state index contributed by atoms with van der Waals surface area (Å²) in [5.41, 5.74) is 3.44. The average molecular weight is 347 g/mol. The lowest BCUT2D eigenvalue weighted by Gasteiger charge is -2.09. The normalized spacial score (nSPS) is 14.3. The van der Waals surface area contributed by atoms with Gasteiger partial charge in [0.05, 0.1) is 11.0 Å². The van der Waals surface area contributed by atoms with E-state index in [1.54, 1.807) is 17.4 Å². The molecule has 124 valence electrons. The summed E-state index contributed by atoms with van der Waals surface area (Å²) in [4.78, 5) is 22.1. The van der Waals surface area contributed by atoms with Crippen molar-refractivity contribution in [2.24, 2.45) is 0 Å². The van der Waals surface area contributed by atoms with Crippen molar-refractivity contribution in [3.8, 4) is 6.07 Å². The van der Waals surface area contributed by atoms with E-state index in [4.69, 9.17) is 0 Å². The molecule has 1 aromatic carbocycles. The molecular formula is C20H17N3OS. The molecular weight excluding hydrogens is 330 g/mol. The average Bonchev–Trinajstić information content (AvgIpc) is 2.98. The Morgan fingerprint density at radius 3 is 3.00 bits per heavy atom. The highest BCUT2D eigenvalue weighted by molar-refractivity contribution is 7.18.